The molecule has 0 atom stereocenters. The molecule has 0 aliphatic heterocycles. The number of aromatic nitrogens is 2. The Labute approximate surface area is 273 Å². The molecule has 7 aromatic carbocycles. The van der Waals surface area contributed by atoms with Gasteiger partial charge in [-0.2, -0.15) is 0 Å². The molecule has 2 aliphatic carbocycles. The van der Waals surface area contributed by atoms with Crippen molar-refractivity contribution in [3.63, 3.8) is 0 Å². The molecule has 2 aliphatic rings. The van der Waals surface area contributed by atoms with Gasteiger partial charge in [-0.15, -0.1) is 0 Å². The quantitative estimate of drug-likeness (QED) is 0.203. The van der Waals surface area contributed by atoms with E-state index in [4.69, 9.17) is 9.97 Å². The molecule has 1 aromatic heterocycles. The maximum absolute atomic E-state index is 5.32. The van der Waals surface area contributed by atoms with Crippen molar-refractivity contribution in [3.05, 3.63) is 192 Å². The summed E-state index contributed by atoms with van der Waals surface area (Å²) < 4.78 is 0. The number of rotatable bonds is 3. The summed E-state index contributed by atoms with van der Waals surface area (Å²) in [5.74, 6) is 0.723. The van der Waals surface area contributed by atoms with E-state index >= 15 is 0 Å². The van der Waals surface area contributed by atoms with Gasteiger partial charge in [0, 0.05) is 16.7 Å². The predicted molar refractivity (Wildman–Crippen MR) is 192 cm³/mol. The van der Waals surface area contributed by atoms with Crippen molar-refractivity contribution >= 4 is 10.8 Å². The highest BCUT2D eigenvalue weighted by Gasteiger charge is 2.52. The van der Waals surface area contributed by atoms with Gasteiger partial charge < -0.3 is 0 Å². The highest BCUT2D eigenvalue weighted by Crippen LogP contribution is 2.63. The van der Waals surface area contributed by atoms with Gasteiger partial charge in [0.05, 0.1) is 16.8 Å². The maximum atomic E-state index is 5.32. The first kappa shape index (κ1) is 26.1. The number of nitrogens with zero attached hydrogens (tertiary/aromatic N) is 2. The van der Waals surface area contributed by atoms with E-state index in [1.165, 1.54) is 55.3 Å². The lowest BCUT2D eigenvalue weighted by Gasteiger charge is -2.30. The van der Waals surface area contributed by atoms with E-state index < -0.39 is 5.41 Å². The van der Waals surface area contributed by atoms with E-state index in [1.807, 2.05) is 6.07 Å². The molecule has 47 heavy (non-hydrogen) atoms. The van der Waals surface area contributed by atoms with Gasteiger partial charge in [-0.25, -0.2) is 9.97 Å². The van der Waals surface area contributed by atoms with Crippen molar-refractivity contribution in [2.24, 2.45) is 0 Å². The average molecular weight is 597 g/mol. The summed E-state index contributed by atoms with van der Waals surface area (Å²) in [6.07, 6.45) is 0. The lowest BCUT2D eigenvalue weighted by atomic mass is 9.70. The molecule has 2 heteroatoms. The fourth-order valence-corrected chi connectivity index (χ4v) is 8.25. The molecule has 1 spiro atoms. The van der Waals surface area contributed by atoms with E-state index in [0.717, 1.165) is 33.9 Å². The molecule has 0 amide bonds. The van der Waals surface area contributed by atoms with E-state index in [1.54, 1.807) is 0 Å². The van der Waals surface area contributed by atoms with Gasteiger partial charge in [-0.3, -0.25) is 0 Å². The minimum absolute atomic E-state index is 0.400. The third kappa shape index (κ3) is 3.61. The molecule has 0 unspecified atom stereocenters. The fraction of sp³-hybridized carbons (Fsp3) is 0.0222. The summed E-state index contributed by atoms with van der Waals surface area (Å²) in [5.41, 5.74) is 15.1. The lowest BCUT2D eigenvalue weighted by Crippen LogP contribution is -2.25. The van der Waals surface area contributed by atoms with E-state index in [2.05, 4.69) is 164 Å². The Morgan fingerprint density at radius 3 is 1.60 bits per heavy atom. The summed E-state index contributed by atoms with van der Waals surface area (Å²) in [4.78, 5) is 10.5. The zero-order chi connectivity index (χ0) is 31.0. The van der Waals surface area contributed by atoms with Crippen LogP contribution in [-0.2, 0) is 5.41 Å². The van der Waals surface area contributed by atoms with Crippen molar-refractivity contribution in [1.82, 2.24) is 9.97 Å². The van der Waals surface area contributed by atoms with Crippen LogP contribution in [-0.4, -0.2) is 9.97 Å². The molecule has 0 saturated carbocycles. The second-order valence-electron chi connectivity index (χ2n) is 12.5. The topological polar surface area (TPSA) is 25.8 Å². The monoisotopic (exact) mass is 596 g/mol. The summed E-state index contributed by atoms with van der Waals surface area (Å²) in [6.45, 7) is 0. The lowest BCUT2D eigenvalue weighted by molar-refractivity contribution is 0.794. The number of hydrogen-bond donors (Lipinski definition) is 0. The summed E-state index contributed by atoms with van der Waals surface area (Å²) in [5, 5.41) is 2.38. The minimum Gasteiger partial charge on any atom is -0.228 e. The smallest absolute Gasteiger partial charge is 0.160 e. The van der Waals surface area contributed by atoms with Gasteiger partial charge in [0.2, 0.25) is 0 Å². The van der Waals surface area contributed by atoms with E-state index in [9.17, 15) is 0 Å². The van der Waals surface area contributed by atoms with Crippen LogP contribution in [0.5, 0.6) is 0 Å². The summed E-state index contributed by atoms with van der Waals surface area (Å²) >= 11 is 0. The minimum atomic E-state index is -0.400. The van der Waals surface area contributed by atoms with Crippen molar-refractivity contribution in [1.29, 1.82) is 0 Å². The van der Waals surface area contributed by atoms with Gasteiger partial charge in [-0.05, 0) is 61.3 Å². The van der Waals surface area contributed by atoms with E-state index in [-0.39, 0.29) is 0 Å². The molecule has 10 rings (SSSR count). The SMILES string of the molecule is c1ccc(-c2nc(-c3cccc4c3-c3ccccc3C43c4ccccc4-c4ccccc43)cc(-c3cccc4ccccc34)n2)cc1. The molecule has 8 aromatic rings. The molecule has 1 heterocycles. The first-order valence-electron chi connectivity index (χ1n) is 16.2. The highest BCUT2D eigenvalue weighted by molar-refractivity contribution is 6.01. The van der Waals surface area contributed by atoms with Crippen LogP contribution in [0.25, 0.3) is 66.9 Å². The Kier molecular flexibility index (Phi) is 5.53. The van der Waals surface area contributed by atoms with Crippen LogP contribution < -0.4 is 0 Å². The first-order chi connectivity index (χ1) is 23.3. The average Bonchev–Trinajstić information content (AvgIpc) is 3.62. The van der Waals surface area contributed by atoms with Gasteiger partial charge in [0.1, 0.15) is 0 Å². The molecule has 0 bridgehead atoms. The van der Waals surface area contributed by atoms with Crippen LogP contribution in [0.4, 0.5) is 0 Å². The molecule has 218 valence electrons. The first-order valence-corrected chi connectivity index (χ1v) is 16.2. The predicted octanol–water partition coefficient (Wildman–Crippen LogP) is 11.0. The zero-order valence-electron chi connectivity index (χ0n) is 25.6. The fourth-order valence-electron chi connectivity index (χ4n) is 8.25. The van der Waals surface area contributed by atoms with Gasteiger partial charge in [0.15, 0.2) is 5.82 Å². The van der Waals surface area contributed by atoms with Crippen LogP contribution in [0.1, 0.15) is 22.3 Å². The van der Waals surface area contributed by atoms with Crippen LogP contribution in [0, 0.1) is 0 Å². The Bertz CT molecular complexity index is 2480. The Morgan fingerprint density at radius 1 is 0.362 bits per heavy atom. The third-order valence-electron chi connectivity index (χ3n) is 10.1. The van der Waals surface area contributed by atoms with Crippen molar-refractivity contribution in [2.45, 2.75) is 5.41 Å². The van der Waals surface area contributed by atoms with Gasteiger partial charge >= 0.3 is 0 Å². The van der Waals surface area contributed by atoms with E-state index in [0.29, 0.717) is 0 Å². The Hall–Kier alpha value is -6.12. The second-order valence-corrected chi connectivity index (χ2v) is 12.5. The maximum Gasteiger partial charge on any atom is 0.160 e. The highest BCUT2D eigenvalue weighted by atomic mass is 14.9. The second kappa shape index (κ2) is 9.94. The molecule has 2 nitrogen and oxygen atoms in total. The van der Waals surface area contributed by atoms with Crippen LogP contribution in [0.2, 0.25) is 0 Å². The summed E-state index contributed by atoms with van der Waals surface area (Å²) in [7, 11) is 0. The molecular weight excluding hydrogens is 569 g/mol. The molecule has 0 fully saturated rings. The van der Waals surface area contributed by atoms with Crippen molar-refractivity contribution < 1.29 is 0 Å². The normalized spacial score (nSPS) is 13.3. The Morgan fingerprint density at radius 2 is 0.851 bits per heavy atom. The Balaban J connectivity index is 1.29. The van der Waals surface area contributed by atoms with Crippen LogP contribution in [0.3, 0.4) is 0 Å². The van der Waals surface area contributed by atoms with Gasteiger partial charge in [-0.1, -0.05) is 164 Å². The number of benzene rings is 7. The van der Waals surface area contributed by atoms with Crippen molar-refractivity contribution in [2.75, 3.05) is 0 Å². The zero-order valence-corrected chi connectivity index (χ0v) is 25.6. The standard InChI is InChI=1S/C45H28N2/c1-2-15-30(16-3-1)44-46-41(34-22-12-17-29-14-4-5-18-31(29)34)28-42(47-44)36-23-13-27-40-43(36)35-21-8-11-26-39(35)45(40)37-24-9-6-19-32(37)33-20-7-10-25-38(33)45/h1-28H. The molecule has 0 saturated heterocycles. The van der Waals surface area contributed by atoms with Crippen molar-refractivity contribution in [3.8, 4) is 56.2 Å². The van der Waals surface area contributed by atoms with Gasteiger partial charge in [0.25, 0.3) is 0 Å². The third-order valence-corrected chi connectivity index (χ3v) is 10.1. The number of fused-ring (bicyclic) bond motifs is 11. The van der Waals surface area contributed by atoms with Crippen LogP contribution >= 0.6 is 0 Å². The van der Waals surface area contributed by atoms with Crippen LogP contribution in [0.15, 0.2) is 170 Å². The number of hydrogen-bond acceptors (Lipinski definition) is 2. The summed E-state index contributed by atoms with van der Waals surface area (Å²) in [6, 6.07) is 61.2. The largest absolute Gasteiger partial charge is 0.228 e. The molecular formula is C45H28N2. The molecule has 0 radical (unpaired) electrons. The molecule has 0 N–H and O–H groups in total.